The van der Waals surface area contributed by atoms with Crippen LogP contribution in [0.15, 0.2) is 24.4 Å². The summed E-state index contributed by atoms with van der Waals surface area (Å²) >= 11 is 0. The van der Waals surface area contributed by atoms with Crippen LogP contribution in [-0.4, -0.2) is 9.38 Å². The molecule has 0 saturated carbocycles. The molecule has 0 saturated heterocycles. The predicted octanol–water partition coefficient (Wildman–Crippen LogP) is 1.62. The maximum atomic E-state index is 5.24. The standard InChI is InChI=1S/C10H8N2/c1-3-9-7-12-8(2)5-4-6-10(12)11-9/h1,4-7H,2H3. The second-order valence-electron chi connectivity index (χ2n) is 2.67. The minimum atomic E-state index is 0.685. The van der Waals surface area contributed by atoms with Crippen LogP contribution in [0.4, 0.5) is 0 Å². The number of pyridine rings is 1. The Hall–Kier alpha value is -1.75. The van der Waals surface area contributed by atoms with Crippen LogP contribution in [0.1, 0.15) is 11.4 Å². The number of terminal acetylenes is 1. The summed E-state index contributed by atoms with van der Waals surface area (Å²) in [6.45, 7) is 2.02. The number of imidazole rings is 1. The highest BCUT2D eigenvalue weighted by molar-refractivity contribution is 5.44. The Morgan fingerprint density at radius 2 is 2.33 bits per heavy atom. The highest BCUT2D eigenvalue weighted by Gasteiger charge is 1.98. The van der Waals surface area contributed by atoms with E-state index < -0.39 is 0 Å². The van der Waals surface area contributed by atoms with Gasteiger partial charge in [0.1, 0.15) is 11.3 Å². The second-order valence-corrected chi connectivity index (χ2v) is 2.67. The zero-order chi connectivity index (χ0) is 8.55. The fourth-order valence-corrected chi connectivity index (χ4v) is 1.22. The van der Waals surface area contributed by atoms with Crippen molar-refractivity contribution in [3.63, 3.8) is 0 Å². The van der Waals surface area contributed by atoms with Crippen molar-refractivity contribution in [1.29, 1.82) is 0 Å². The number of nitrogens with zero attached hydrogens (tertiary/aromatic N) is 2. The summed E-state index contributed by atoms with van der Waals surface area (Å²) in [6.07, 6.45) is 7.10. The lowest BCUT2D eigenvalue weighted by Crippen LogP contribution is -1.86. The van der Waals surface area contributed by atoms with Crippen LogP contribution in [0.3, 0.4) is 0 Å². The summed E-state index contributed by atoms with van der Waals surface area (Å²) < 4.78 is 1.98. The van der Waals surface area contributed by atoms with E-state index in [4.69, 9.17) is 6.42 Å². The molecule has 0 fully saturated rings. The van der Waals surface area contributed by atoms with Crippen LogP contribution in [0.25, 0.3) is 5.65 Å². The molecular weight excluding hydrogens is 148 g/mol. The van der Waals surface area contributed by atoms with Gasteiger partial charge >= 0.3 is 0 Å². The van der Waals surface area contributed by atoms with E-state index in [1.165, 1.54) is 0 Å². The first-order chi connectivity index (χ1) is 5.81. The van der Waals surface area contributed by atoms with Crippen LogP contribution in [-0.2, 0) is 0 Å². The fourth-order valence-electron chi connectivity index (χ4n) is 1.22. The third-order valence-electron chi connectivity index (χ3n) is 1.84. The van der Waals surface area contributed by atoms with Gasteiger partial charge in [-0.05, 0) is 25.0 Å². The van der Waals surface area contributed by atoms with Crippen molar-refractivity contribution in [2.24, 2.45) is 0 Å². The summed E-state index contributed by atoms with van der Waals surface area (Å²) in [7, 11) is 0. The molecule has 58 valence electrons. The molecule has 0 amide bonds. The van der Waals surface area contributed by atoms with Crippen molar-refractivity contribution >= 4 is 5.65 Å². The van der Waals surface area contributed by atoms with E-state index in [1.54, 1.807) is 0 Å². The summed E-state index contributed by atoms with van der Waals surface area (Å²) in [5.41, 5.74) is 2.73. The predicted molar refractivity (Wildman–Crippen MR) is 47.9 cm³/mol. The maximum Gasteiger partial charge on any atom is 0.138 e. The topological polar surface area (TPSA) is 17.3 Å². The van der Waals surface area contributed by atoms with Gasteiger partial charge in [0.2, 0.25) is 0 Å². The molecule has 0 radical (unpaired) electrons. The van der Waals surface area contributed by atoms with Crippen molar-refractivity contribution in [3.05, 3.63) is 35.8 Å². The molecule has 2 heteroatoms. The smallest absolute Gasteiger partial charge is 0.138 e. The van der Waals surface area contributed by atoms with Gasteiger partial charge in [0.15, 0.2) is 0 Å². The molecule has 2 aromatic rings. The zero-order valence-corrected chi connectivity index (χ0v) is 6.78. The van der Waals surface area contributed by atoms with Crippen molar-refractivity contribution in [2.45, 2.75) is 6.92 Å². The number of rotatable bonds is 0. The quantitative estimate of drug-likeness (QED) is 0.530. The van der Waals surface area contributed by atoms with Gasteiger partial charge in [-0.3, -0.25) is 0 Å². The Kier molecular flexibility index (Phi) is 1.38. The monoisotopic (exact) mass is 156 g/mol. The Morgan fingerprint density at radius 3 is 3.00 bits per heavy atom. The molecule has 0 spiro atoms. The molecule has 0 aliphatic carbocycles. The number of aromatic nitrogens is 2. The van der Waals surface area contributed by atoms with Crippen molar-refractivity contribution < 1.29 is 0 Å². The number of hydrogen-bond donors (Lipinski definition) is 0. The van der Waals surface area contributed by atoms with Crippen LogP contribution in [0.5, 0.6) is 0 Å². The minimum Gasteiger partial charge on any atom is -0.303 e. The van der Waals surface area contributed by atoms with Gasteiger partial charge in [0.05, 0.1) is 0 Å². The third kappa shape index (κ3) is 0.876. The van der Waals surface area contributed by atoms with E-state index in [0.29, 0.717) is 5.69 Å². The fraction of sp³-hybridized carbons (Fsp3) is 0.100. The second kappa shape index (κ2) is 2.38. The third-order valence-corrected chi connectivity index (χ3v) is 1.84. The first kappa shape index (κ1) is 6.93. The lowest BCUT2D eigenvalue weighted by atomic mass is 10.4. The Bertz CT molecular complexity index is 460. The van der Waals surface area contributed by atoms with Crippen LogP contribution < -0.4 is 0 Å². The van der Waals surface area contributed by atoms with Gasteiger partial charge in [-0.15, -0.1) is 6.42 Å². The highest BCUT2D eigenvalue weighted by Crippen LogP contribution is 2.06. The van der Waals surface area contributed by atoms with Gasteiger partial charge < -0.3 is 4.40 Å². The van der Waals surface area contributed by atoms with Crippen molar-refractivity contribution in [3.8, 4) is 12.3 Å². The molecule has 2 nitrogen and oxygen atoms in total. The van der Waals surface area contributed by atoms with E-state index in [9.17, 15) is 0 Å². The minimum absolute atomic E-state index is 0.685. The lowest BCUT2D eigenvalue weighted by Gasteiger charge is -1.95. The van der Waals surface area contributed by atoms with Gasteiger partial charge in [0.25, 0.3) is 0 Å². The molecular formula is C10H8N2. The molecule has 2 rings (SSSR count). The normalized spacial score (nSPS) is 10.0. The number of hydrogen-bond acceptors (Lipinski definition) is 1. The Morgan fingerprint density at radius 1 is 1.50 bits per heavy atom. The molecule has 0 aliphatic rings. The Balaban J connectivity index is 2.85. The number of fused-ring (bicyclic) bond motifs is 1. The van der Waals surface area contributed by atoms with Crippen LogP contribution >= 0.6 is 0 Å². The van der Waals surface area contributed by atoms with Crippen molar-refractivity contribution in [1.82, 2.24) is 9.38 Å². The largest absolute Gasteiger partial charge is 0.303 e. The molecule has 0 atom stereocenters. The molecule has 2 aromatic heterocycles. The first-order valence-electron chi connectivity index (χ1n) is 3.72. The summed E-state index contributed by atoms with van der Waals surface area (Å²) in [6, 6.07) is 5.93. The zero-order valence-electron chi connectivity index (χ0n) is 6.78. The molecule has 0 aliphatic heterocycles. The van der Waals surface area contributed by atoms with Crippen LogP contribution in [0.2, 0.25) is 0 Å². The SMILES string of the molecule is C#Cc1cn2c(C)cccc2n1. The van der Waals surface area contributed by atoms with Crippen molar-refractivity contribution in [2.75, 3.05) is 0 Å². The van der Waals surface area contributed by atoms with Gasteiger partial charge in [-0.25, -0.2) is 4.98 Å². The average molecular weight is 156 g/mol. The van der Waals surface area contributed by atoms with E-state index in [0.717, 1.165) is 11.3 Å². The molecule has 0 bridgehead atoms. The van der Waals surface area contributed by atoms with E-state index >= 15 is 0 Å². The lowest BCUT2D eigenvalue weighted by molar-refractivity contribution is 1.09. The first-order valence-corrected chi connectivity index (χ1v) is 3.72. The number of aryl methyl sites for hydroxylation is 1. The summed E-state index contributed by atoms with van der Waals surface area (Å²) in [5, 5.41) is 0. The maximum absolute atomic E-state index is 5.24. The molecule has 0 N–H and O–H groups in total. The van der Waals surface area contributed by atoms with Gasteiger partial charge in [-0.1, -0.05) is 6.07 Å². The molecule has 0 unspecified atom stereocenters. The molecule has 0 aromatic carbocycles. The van der Waals surface area contributed by atoms with Crippen LogP contribution in [0, 0.1) is 19.3 Å². The summed E-state index contributed by atoms with van der Waals surface area (Å²) in [5.74, 6) is 2.51. The average Bonchev–Trinajstić information content (AvgIpc) is 2.49. The van der Waals surface area contributed by atoms with E-state index in [1.807, 2.05) is 35.7 Å². The van der Waals surface area contributed by atoms with E-state index in [2.05, 4.69) is 10.9 Å². The van der Waals surface area contributed by atoms with Gasteiger partial charge in [-0.2, -0.15) is 0 Å². The summed E-state index contributed by atoms with van der Waals surface area (Å²) in [4.78, 5) is 4.22. The molecule has 2 heterocycles. The van der Waals surface area contributed by atoms with Gasteiger partial charge in [0, 0.05) is 11.9 Å². The van der Waals surface area contributed by atoms with E-state index in [-0.39, 0.29) is 0 Å². The highest BCUT2D eigenvalue weighted by atomic mass is 15.0. The Labute approximate surface area is 70.9 Å². The molecule has 12 heavy (non-hydrogen) atoms.